The topological polar surface area (TPSA) is 112 Å². The van der Waals surface area contributed by atoms with Crippen LogP contribution in [-0.2, 0) is 30.2 Å². The number of carbonyl (C=O) groups excluding carboxylic acids is 2. The van der Waals surface area contributed by atoms with E-state index < -0.39 is 35.9 Å². The van der Waals surface area contributed by atoms with Crippen LogP contribution in [0.15, 0.2) is 12.1 Å². The largest absolute Gasteiger partial charge is 0.508 e. The Hall–Kier alpha value is -2.48. The van der Waals surface area contributed by atoms with Gasteiger partial charge in [0.1, 0.15) is 29.5 Å². The average molecular weight is 336 g/mol. The molecule has 0 amide bonds. The molecule has 0 saturated carbocycles. The zero-order valence-corrected chi connectivity index (χ0v) is 12.9. The highest BCUT2D eigenvalue weighted by Gasteiger charge is 2.67. The summed E-state index contributed by atoms with van der Waals surface area (Å²) in [6.07, 6.45) is -1.65. The molecule has 0 radical (unpaired) electrons. The Morgan fingerprint density at radius 1 is 1.38 bits per heavy atom. The van der Waals surface area contributed by atoms with Crippen molar-refractivity contribution in [2.75, 3.05) is 7.11 Å². The first-order valence-electron chi connectivity index (χ1n) is 7.58. The van der Waals surface area contributed by atoms with Gasteiger partial charge in [-0.25, -0.2) is 0 Å². The zero-order valence-electron chi connectivity index (χ0n) is 12.9. The lowest BCUT2D eigenvalue weighted by Crippen LogP contribution is -2.53. The van der Waals surface area contributed by atoms with Crippen molar-refractivity contribution in [1.82, 2.24) is 0 Å². The number of carbonyl (C=O) groups is 2. The lowest BCUT2D eigenvalue weighted by molar-refractivity contribution is -0.164. The van der Waals surface area contributed by atoms with Gasteiger partial charge in [0.15, 0.2) is 11.7 Å². The average Bonchev–Trinajstić information content (AvgIpc) is 2.96. The van der Waals surface area contributed by atoms with Crippen molar-refractivity contribution in [2.24, 2.45) is 0 Å². The number of fused-ring (bicyclic) bond motifs is 4. The lowest BCUT2D eigenvalue weighted by Gasteiger charge is -2.36. The van der Waals surface area contributed by atoms with Crippen molar-refractivity contribution in [1.29, 1.82) is 0 Å². The minimum absolute atomic E-state index is 0.0287. The summed E-state index contributed by atoms with van der Waals surface area (Å²) in [6.45, 7) is 0. The first-order valence-corrected chi connectivity index (χ1v) is 7.58. The molecule has 1 aromatic carbocycles. The molecule has 2 fully saturated rings. The monoisotopic (exact) mass is 336 g/mol. The first-order chi connectivity index (χ1) is 11.4. The third-order valence-electron chi connectivity index (χ3n) is 4.84. The Labute approximate surface area is 136 Å². The van der Waals surface area contributed by atoms with Gasteiger partial charge in [-0.3, -0.25) is 9.59 Å². The number of hydrogen-bond acceptors (Lipinski definition) is 8. The third kappa shape index (κ3) is 2.02. The van der Waals surface area contributed by atoms with Crippen molar-refractivity contribution >= 4 is 11.9 Å². The molecular formula is C16H16O8. The molecule has 0 bridgehead atoms. The molecule has 0 unspecified atom stereocenters. The number of phenols is 2. The number of methoxy groups -OCH3 is 1. The third-order valence-corrected chi connectivity index (χ3v) is 4.84. The molecule has 2 saturated heterocycles. The quantitative estimate of drug-likeness (QED) is 0.747. The molecule has 8 heteroatoms. The summed E-state index contributed by atoms with van der Waals surface area (Å²) >= 11 is 0. The van der Waals surface area contributed by atoms with E-state index in [9.17, 15) is 19.8 Å². The van der Waals surface area contributed by atoms with Gasteiger partial charge in [-0.2, -0.15) is 0 Å². The van der Waals surface area contributed by atoms with Gasteiger partial charge < -0.3 is 29.2 Å². The summed E-state index contributed by atoms with van der Waals surface area (Å²) in [5, 5.41) is 19.7. The van der Waals surface area contributed by atoms with Gasteiger partial charge in [0.05, 0.1) is 20.0 Å². The van der Waals surface area contributed by atoms with Gasteiger partial charge in [0.2, 0.25) is 0 Å². The summed E-state index contributed by atoms with van der Waals surface area (Å²) in [6, 6.07) is 2.60. The number of hydrogen-bond donors (Lipinski definition) is 2. The molecule has 2 N–H and O–H groups in total. The zero-order chi connectivity index (χ0) is 17.1. The molecule has 0 aromatic heterocycles. The summed E-state index contributed by atoms with van der Waals surface area (Å²) in [4.78, 5) is 23.6. The van der Waals surface area contributed by atoms with Crippen molar-refractivity contribution < 1.29 is 38.7 Å². The number of rotatable bonds is 2. The normalized spacial score (nSPS) is 33.0. The van der Waals surface area contributed by atoms with Crippen LogP contribution in [0.25, 0.3) is 0 Å². The fourth-order valence-electron chi connectivity index (χ4n) is 3.79. The Morgan fingerprint density at radius 2 is 2.17 bits per heavy atom. The van der Waals surface area contributed by atoms with Gasteiger partial charge in [-0.1, -0.05) is 0 Å². The van der Waals surface area contributed by atoms with Crippen molar-refractivity contribution in [3.8, 4) is 17.2 Å². The summed E-state index contributed by atoms with van der Waals surface area (Å²) in [5.41, 5.74) is -0.748. The van der Waals surface area contributed by atoms with Gasteiger partial charge >= 0.3 is 11.9 Å². The van der Waals surface area contributed by atoms with E-state index in [-0.39, 0.29) is 30.1 Å². The molecule has 4 atom stereocenters. The Balaban J connectivity index is 1.73. The van der Waals surface area contributed by atoms with Crippen LogP contribution in [0.1, 0.15) is 18.4 Å². The fourth-order valence-corrected chi connectivity index (χ4v) is 3.79. The van der Waals surface area contributed by atoms with E-state index in [2.05, 4.69) is 0 Å². The molecule has 0 aliphatic carbocycles. The second-order valence-corrected chi connectivity index (χ2v) is 6.23. The number of ether oxygens (including phenoxy) is 4. The van der Waals surface area contributed by atoms with E-state index in [1.165, 1.54) is 19.2 Å². The number of benzene rings is 1. The van der Waals surface area contributed by atoms with E-state index in [1.54, 1.807) is 0 Å². The van der Waals surface area contributed by atoms with Crippen molar-refractivity contribution in [3.63, 3.8) is 0 Å². The molecule has 0 spiro atoms. The van der Waals surface area contributed by atoms with Crippen LogP contribution in [0.5, 0.6) is 17.2 Å². The van der Waals surface area contributed by atoms with Gasteiger partial charge in [-0.05, 0) is 0 Å². The van der Waals surface area contributed by atoms with Gasteiger partial charge in [0, 0.05) is 24.1 Å². The molecule has 3 aliphatic rings. The maximum atomic E-state index is 11.8. The highest BCUT2D eigenvalue weighted by atomic mass is 16.7. The molecule has 24 heavy (non-hydrogen) atoms. The van der Waals surface area contributed by atoms with Crippen LogP contribution in [0, 0.1) is 0 Å². The number of aromatic hydroxyl groups is 2. The van der Waals surface area contributed by atoms with E-state index >= 15 is 0 Å². The molecule has 8 nitrogen and oxygen atoms in total. The summed E-state index contributed by atoms with van der Waals surface area (Å²) in [7, 11) is 1.26. The maximum absolute atomic E-state index is 11.8. The Kier molecular flexibility index (Phi) is 3.14. The minimum Gasteiger partial charge on any atom is -0.508 e. The van der Waals surface area contributed by atoms with Crippen LogP contribution in [0.3, 0.4) is 0 Å². The van der Waals surface area contributed by atoms with Crippen molar-refractivity contribution in [3.05, 3.63) is 17.7 Å². The molecule has 4 rings (SSSR count). The summed E-state index contributed by atoms with van der Waals surface area (Å²) < 4.78 is 22.0. The molecular weight excluding hydrogens is 320 g/mol. The smallest absolute Gasteiger partial charge is 0.309 e. The molecule has 1 aromatic rings. The Bertz CT molecular complexity index is 729. The predicted molar refractivity (Wildman–Crippen MR) is 76.6 cm³/mol. The van der Waals surface area contributed by atoms with Crippen molar-refractivity contribution in [2.45, 2.75) is 43.2 Å². The van der Waals surface area contributed by atoms with Gasteiger partial charge in [-0.15, -0.1) is 0 Å². The predicted octanol–water partition coefficient (Wildman–Crippen LogP) is 0.417. The molecule has 3 heterocycles. The van der Waals surface area contributed by atoms with Gasteiger partial charge in [0.25, 0.3) is 0 Å². The van der Waals surface area contributed by atoms with E-state index in [0.717, 1.165) is 0 Å². The van der Waals surface area contributed by atoms with Crippen LogP contribution >= 0.6 is 0 Å². The second-order valence-electron chi connectivity index (χ2n) is 6.23. The van der Waals surface area contributed by atoms with E-state index in [1.807, 2.05) is 0 Å². The first kappa shape index (κ1) is 15.1. The van der Waals surface area contributed by atoms with Crippen LogP contribution in [0.2, 0.25) is 0 Å². The van der Waals surface area contributed by atoms with E-state index in [4.69, 9.17) is 18.9 Å². The highest BCUT2D eigenvalue weighted by Crippen LogP contribution is 2.50. The molecule has 128 valence electrons. The number of phenolic OH excluding ortho intramolecular Hbond substituents is 2. The minimum atomic E-state index is -1.26. The number of esters is 2. The summed E-state index contributed by atoms with van der Waals surface area (Å²) in [5.74, 6) is -0.957. The molecule has 3 aliphatic heterocycles. The van der Waals surface area contributed by atoms with Crippen LogP contribution < -0.4 is 4.74 Å². The van der Waals surface area contributed by atoms with Crippen LogP contribution in [-0.4, -0.2) is 53.2 Å². The second kappa shape index (κ2) is 5.01. The fraction of sp³-hybridized carbons (Fsp3) is 0.500. The maximum Gasteiger partial charge on any atom is 0.309 e. The van der Waals surface area contributed by atoms with Crippen LogP contribution in [0.4, 0.5) is 0 Å². The Morgan fingerprint density at radius 3 is 2.92 bits per heavy atom. The standard InChI is InChI=1S/C16H16O8/c1-21-14(20)6-16-12(5-13(19)24-16)22-11-4-8-9(18)2-7(17)3-10(8)23-15(11)16/h2-3,11-12,15,17-18H,4-6H2,1H3/t11-,12+,15+,16+/m1/s1. The highest BCUT2D eigenvalue weighted by molar-refractivity contribution is 5.78. The van der Waals surface area contributed by atoms with E-state index in [0.29, 0.717) is 12.0 Å². The lowest BCUT2D eigenvalue weighted by atomic mass is 9.84. The SMILES string of the molecule is COC(=O)C[C@]12OC(=O)C[C@@H]1O[C@@H]1Cc3c(O)cc(O)cc3O[C@@H]12.